The van der Waals surface area contributed by atoms with E-state index in [0.29, 0.717) is 12.1 Å². The Balaban J connectivity index is 1.74. The molecule has 3 heteroatoms. The SMILES string of the molecule is c1ccc2c3c([nH]c2c1)C1Cc2ccncc2[C@H](C3)N1. The molecule has 0 saturated carbocycles. The quantitative estimate of drug-likeness (QED) is 0.653. The Morgan fingerprint density at radius 1 is 1.05 bits per heavy atom. The Morgan fingerprint density at radius 3 is 3.00 bits per heavy atom. The zero-order valence-electron chi connectivity index (χ0n) is 11.1. The van der Waals surface area contributed by atoms with Crippen LogP contribution in [0.2, 0.25) is 0 Å². The zero-order chi connectivity index (χ0) is 13.1. The van der Waals surface area contributed by atoms with E-state index in [9.17, 15) is 0 Å². The number of hydrogen-bond acceptors (Lipinski definition) is 2. The highest BCUT2D eigenvalue weighted by Crippen LogP contribution is 2.41. The van der Waals surface area contributed by atoms with Gasteiger partial charge in [-0.2, -0.15) is 0 Å². The fraction of sp³-hybridized carbons (Fsp3) is 0.235. The molecule has 98 valence electrons. The summed E-state index contributed by atoms with van der Waals surface area (Å²) in [5, 5.41) is 5.14. The Labute approximate surface area is 117 Å². The van der Waals surface area contributed by atoms with Crippen molar-refractivity contribution < 1.29 is 0 Å². The predicted octanol–water partition coefficient (Wildman–Crippen LogP) is 3.05. The first kappa shape index (κ1) is 10.6. The van der Waals surface area contributed by atoms with Crippen LogP contribution in [0, 0.1) is 0 Å². The number of para-hydroxylation sites is 1. The number of H-pyrrole nitrogens is 1. The maximum atomic E-state index is 4.30. The molecule has 2 aromatic heterocycles. The van der Waals surface area contributed by atoms with Gasteiger partial charge in [0.1, 0.15) is 0 Å². The average Bonchev–Trinajstić information content (AvgIpc) is 2.87. The fourth-order valence-electron chi connectivity index (χ4n) is 3.84. The molecule has 0 saturated heterocycles. The smallest absolute Gasteiger partial charge is 0.0521 e. The molecule has 0 amide bonds. The number of benzene rings is 1. The van der Waals surface area contributed by atoms with Crippen LogP contribution in [0.15, 0.2) is 42.7 Å². The molecule has 2 aliphatic rings. The van der Waals surface area contributed by atoms with Gasteiger partial charge in [0.25, 0.3) is 0 Å². The first-order valence-electron chi connectivity index (χ1n) is 7.18. The highest BCUT2D eigenvalue weighted by atomic mass is 15.0. The van der Waals surface area contributed by atoms with Crippen LogP contribution in [0.1, 0.15) is 34.5 Å². The van der Waals surface area contributed by atoms with Gasteiger partial charge in [0, 0.05) is 35.0 Å². The Hall–Kier alpha value is -2.13. The van der Waals surface area contributed by atoms with Gasteiger partial charge in [0.15, 0.2) is 0 Å². The average molecular weight is 261 g/mol. The third-order valence-electron chi connectivity index (χ3n) is 4.75. The number of rotatable bonds is 0. The van der Waals surface area contributed by atoms with E-state index in [2.05, 4.69) is 45.6 Å². The first-order chi connectivity index (χ1) is 9.90. The van der Waals surface area contributed by atoms with Gasteiger partial charge in [-0.25, -0.2) is 0 Å². The molecule has 1 unspecified atom stereocenters. The fourth-order valence-corrected chi connectivity index (χ4v) is 3.84. The zero-order valence-corrected chi connectivity index (χ0v) is 11.1. The second-order valence-electron chi connectivity index (χ2n) is 5.82. The van der Waals surface area contributed by atoms with Crippen molar-refractivity contribution in [3.63, 3.8) is 0 Å². The number of nitrogens with zero attached hydrogens (tertiary/aromatic N) is 1. The van der Waals surface area contributed by atoms with Crippen LogP contribution in [-0.2, 0) is 12.8 Å². The van der Waals surface area contributed by atoms with E-state index in [-0.39, 0.29) is 0 Å². The molecule has 2 N–H and O–H groups in total. The number of aromatic nitrogens is 2. The predicted molar refractivity (Wildman–Crippen MR) is 78.6 cm³/mol. The van der Waals surface area contributed by atoms with Crippen LogP contribution in [0.3, 0.4) is 0 Å². The minimum atomic E-state index is 0.407. The van der Waals surface area contributed by atoms with Gasteiger partial charge in [-0.1, -0.05) is 18.2 Å². The van der Waals surface area contributed by atoms with Crippen molar-refractivity contribution in [2.45, 2.75) is 24.9 Å². The lowest BCUT2D eigenvalue weighted by atomic mass is 9.81. The van der Waals surface area contributed by atoms with Crippen molar-refractivity contribution in [1.82, 2.24) is 15.3 Å². The summed E-state index contributed by atoms with van der Waals surface area (Å²) in [5.74, 6) is 0. The minimum Gasteiger partial charge on any atom is -0.357 e. The molecular weight excluding hydrogens is 246 g/mol. The van der Waals surface area contributed by atoms with Gasteiger partial charge in [-0.15, -0.1) is 0 Å². The first-order valence-corrected chi connectivity index (χ1v) is 7.18. The van der Waals surface area contributed by atoms with E-state index in [4.69, 9.17) is 0 Å². The van der Waals surface area contributed by atoms with Crippen molar-refractivity contribution in [2.75, 3.05) is 0 Å². The van der Waals surface area contributed by atoms with Crippen LogP contribution in [0.5, 0.6) is 0 Å². The maximum absolute atomic E-state index is 4.30. The standard InChI is InChI=1S/C17H15N3/c1-2-4-14-11(3-1)12-8-15-13-9-18-6-5-10(13)7-16(19-15)17(12)20-14/h1-6,9,15-16,19-20H,7-8H2/t15-,16?/m0/s1. The molecule has 0 radical (unpaired) electrons. The van der Waals surface area contributed by atoms with Crippen molar-refractivity contribution in [3.05, 3.63) is 65.1 Å². The second kappa shape index (κ2) is 3.70. The number of aromatic amines is 1. The van der Waals surface area contributed by atoms with E-state index < -0.39 is 0 Å². The molecule has 4 heterocycles. The van der Waals surface area contributed by atoms with Crippen LogP contribution in [0.4, 0.5) is 0 Å². The topological polar surface area (TPSA) is 40.7 Å². The van der Waals surface area contributed by atoms with Crippen LogP contribution >= 0.6 is 0 Å². The third-order valence-corrected chi connectivity index (χ3v) is 4.75. The van der Waals surface area contributed by atoms with Crippen LogP contribution in [0.25, 0.3) is 10.9 Å². The summed E-state index contributed by atoms with van der Waals surface area (Å²) < 4.78 is 0. The molecular formula is C17H15N3. The Morgan fingerprint density at radius 2 is 2.00 bits per heavy atom. The molecule has 0 spiro atoms. The summed E-state index contributed by atoms with van der Waals surface area (Å²) >= 11 is 0. The van der Waals surface area contributed by atoms with Gasteiger partial charge < -0.3 is 10.3 Å². The minimum absolute atomic E-state index is 0.407. The van der Waals surface area contributed by atoms with Crippen molar-refractivity contribution in [2.24, 2.45) is 0 Å². The summed E-state index contributed by atoms with van der Waals surface area (Å²) in [6.07, 6.45) is 6.04. The van der Waals surface area contributed by atoms with Gasteiger partial charge >= 0.3 is 0 Å². The molecule has 2 aliphatic heterocycles. The van der Waals surface area contributed by atoms with Crippen molar-refractivity contribution in [3.8, 4) is 0 Å². The second-order valence-corrected chi connectivity index (χ2v) is 5.82. The monoisotopic (exact) mass is 261 g/mol. The lowest BCUT2D eigenvalue weighted by molar-refractivity contribution is 0.376. The van der Waals surface area contributed by atoms with Crippen molar-refractivity contribution >= 4 is 10.9 Å². The normalized spacial score (nSPS) is 23.4. The maximum Gasteiger partial charge on any atom is 0.0521 e. The summed E-state index contributed by atoms with van der Waals surface area (Å²) in [4.78, 5) is 7.93. The van der Waals surface area contributed by atoms with Crippen LogP contribution < -0.4 is 5.32 Å². The van der Waals surface area contributed by atoms with Gasteiger partial charge in [-0.05, 0) is 41.7 Å². The lowest BCUT2D eigenvalue weighted by Crippen LogP contribution is -2.38. The summed E-state index contributed by atoms with van der Waals surface area (Å²) in [7, 11) is 0. The molecule has 3 aromatic rings. The largest absolute Gasteiger partial charge is 0.357 e. The molecule has 2 bridgehead atoms. The van der Waals surface area contributed by atoms with E-state index in [1.54, 1.807) is 0 Å². The van der Waals surface area contributed by atoms with Gasteiger partial charge in [-0.3, -0.25) is 4.98 Å². The molecule has 5 rings (SSSR count). The highest BCUT2D eigenvalue weighted by Gasteiger charge is 2.35. The third kappa shape index (κ3) is 1.30. The molecule has 0 aliphatic carbocycles. The summed E-state index contributed by atoms with van der Waals surface area (Å²) in [6.45, 7) is 0. The van der Waals surface area contributed by atoms with Crippen molar-refractivity contribution in [1.29, 1.82) is 0 Å². The van der Waals surface area contributed by atoms with E-state index in [1.165, 1.54) is 33.3 Å². The van der Waals surface area contributed by atoms with Crippen LogP contribution in [-0.4, -0.2) is 9.97 Å². The molecule has 3 nitrogen and oxygen atoms in total. The van der Waals surface area contributed by atoms with E-state index in [0.717, 1.165) is 12.8 Å². The molecule has 0 fully saturated rings. The van der Waals surface area contributed by atoms with Gasteiger partial charge in [0.05, 0.1) is 6.04 Å². The number of fused-ring (bicyclic) bond motifs is 8. The Kier molecular flexibility index (Phi) is 1.97. The molecule has 2 atom stereocenters. The summed E-state index contributed by atoms with van der Waals surface area (Å²) in [6, 6.07) is 11.6. The number of hydrogen-bond donors (Lipinski definition) is 2. The van der Waals surface area contributed by atoms with E-state index >= 15 is 0 Å². The Bertz CT molecular complexity index is 818. The van der Waals surface area contributed by atoms with Gasteiger partial charge in [0.2, 0.25) is 0 Å². The highest BCUT2D eigenvalue weighted by molar-refractivity contribution is 5.85. The number of pyridine rings is 1. The summed E-state index contributed by atoms with van der Waals surface area (Å²) in [5.41, 5.74) is 6.94. The number of nitrogens with one attached hydrogen (secondary N) is 2. The molecule has 1 aromatic carbocycles. The molecule has 20 heavy (non-hydrogen) atoms. The lowest BCUT2D eigenvalue weighted by Gasteiger charge is -2.37. The van der Waals surface area contributed by atoms with E-state index in [1.807, 2.05) is 12.4 Å².